The molecule has 5 nitrogen and oxygen atoms in total. The lowest BCUT2D eigenvalue weighted by Crippen LogP contribution is -2.45. The molecule has 1 aliphatic rings. The van der Waals surface area contributed by atoms with E-state index in [1.807, 2.05) is 13.8 Å². The maximum atomic E-state index is 12.2. The fourth-order valence-corrected chi connectivity index (χ4v) is 3.39. The zero-order valence-electron chi connectivity index (χ0n) is 14.6. The predicted octanol–water partition coefficient (Wildman–Crippen LogP) is 3.17. The molecule has 0 aromatic rings. The van der Waals surface area contributed by atoms with Crippen LogP contribution in [0.1, 0.15) is 72.1 Å². The third kappa shape index (κ3) is 5.96. The van der Waals surface area contributed by atoms with Crippen molar-refractivity contribution in [3.8, 4) is 0 Å². The summed E-state index contributed by atoms with van der Waals surface area (Å²) >= 11 is 0. The highest BCUT2D eigenvalue weighted by atomic mass is 16.4. The number of unbranched alkanes of at least 4 members (excludes halogenated alkanes) is 2. The van der Waals surface area contributed by atoms with E-state index in [2.05, 4.69) is 12.2 Å². The Morgan fingerprint density at radius 2 is 2.00 bits per heavy atom. The van der Waals surface area contributed by atoms with E-state index in [0.29, 0.717) is 12.8 Å². The average Bonchev–Trinajstić information content (AvgIpc) is 2.84. The highest BCUT2D eigenvalue weighted by Gasteiger charge is 2.36. The van der Waals surface area contributed by atoms with Crippen LogP contribution >= 0.6 is 0 Å². The number of amides is 1. The van der Waals surface area contributed by atoms with Gasteiger partial charge in [0.1, 0.15) is 11.8 Å². The highest BCUT2D eigenvalue weighted by molar-refractivity contribution is 5.87. The molecule has 1 aliphatic carbocycles. The zero-order valence-corrected chi connectivity index (χ0v) is 14.6. The molecule has 5 heteroatoms. The molecule has 0 heterocycles. The lowest BCUT2D eigenvalue weighted by atomic mass is 9.87. The minimum absolute atomic E-state index is 0.0147. The van der Waals surface area contributed by atoms with E-state index < -0.39 is 12.0 Å². The minimum atomic E-state index is -0.991. The molecule has 2 N–H and O–H groups in total. The van der Waals surface area contributed by atoms with Gasteiger partial charge in [0.15, 0.2) is 0 Å². The van der Waals surface area contributed by atoms with Crippen molar-refractivity contribution in [2.75, 3.05) is 0 Å². The van der Waals surface area contributed by atoms with E-state index in [1.54, 1.807) is 0 Å². The maximum Gasteiger partial charge on any atom is 0.326 e. The molecule has 1 amide bonds. The molecule has 0 aromatic carbocycles. The summed E-state index contributed by atoms with van der Waals surface area (Å²) in [6.07, 6.45) is 6.38. The van der Waals surface area contributed by atoms with E-state index in [-0.39, 0.29) is 35.9 Å². The second kappa shape index (κ2) is 9.68. The summed E-state index contributed by atoms with van der Waals surface area (Å²) in [6, 6.07) is -0.844. The Morgan fingerprint density at radius 1 is 1.30 bits per heavy atom. The van der Waals surface area contributed by atoms with E-state index in [9.17, 15) is 19.5 Å². The number of rotatable bonds is 10. The van der Waals surface area contributed by atoms with E-state index in [1.165, 1.54) is 0 Å². The molecule has 4 atom stereocenters. The van der Waals surface area contributed by atoms with Crippen LogP contribution in [-0.2, 0) is 14.4 Å². The number of ketones is 1. The van der Waals surface area contributed by atoms with Gasteiger partial charge in [0.05, 0.1) is 0 Å². The molecular formula is C18H31NO4. The van der Waals surface area contributed by atoms with E-state index in [4.69, 9.17) is 0 Å². The van der Waals surface area contributed by atoms with Crippen molar-refractivity contribution in [2.45, 2.75) is 78.2 Å². The zero-order chi connectivity index (χ0) is 17.4. The Hall–Kier alpha value is -1.39. The minimum Gasteiger partial charge on any atom is -0.480 e. The van der Waals surface area contributed by atoms with E-state index in [0.717, 1.165) is 32.1 Å². The van der Waals surface area contributed by atoms with Crippen molar-refractivity contribution >= 4 is 17.7 Å². The monoisotopic (exact) mass is 325 g/mol. The van der Waals surface area contributed by atoms with Crippen LogP contribution in [-0.4, -0.2) is 28.8 Å². The molecule has 1 rings (SSSR count). The van der Waals surface area contributed by atoms with Gasteiger partial charge in [-0.3, -0.25) is 9.59 Å². The molecule has 0 unspecified atom stereocenters. The van der Waals surface area contributed by atoms with Crippen molar-refractivity contribution in [2.24, 2.45) is 17.8 Å². The van der Waals surface area contributed by atoms with Crippen molar-refractivity contribution in [1.29, 1.82) is 0 Å². The number of hydrogen-bond acceptors (Lipinski definition) is 3. The Balaban J connectivity index is 2.57. The second-order valence-corrected chi connectivity index (χ2v) is 6.84. The van der Waals surface area contributed by atoms with Gasteiger partial charge in [0, 0.05) is 18.8 Å². The van der Waals surface area contributed by atoms with Crippen molar-refractivity contribution < 1.29 is 19.5 Å². The van der Waals surface area contributed by atoms with Gasteiger partial charge >= 0.3 is 5.97 Å². The van der Waals surface area contributed by atoms with Crippen LogP contribution in [0.3, 0.4) is 0 Å². The van der Waals surface area contributed by atoms with Gasteiger partial charge < -0.3 is 10.4 Å². The van der Waals surface area contributed by atoms with Crippen molar-refractivity contribution in [3.63, 3.8) is 0 Å². The van der Waals surface area contributed by atoms with Gasteiger partial charge in [-0.1, -0.05) is 46.5 Å². The summed E-state index contributed by atoms with van der Waals surface area (Å²) < 4.78 is 0. The normalized spacial score (nSPS) is 23.5. The number of carboxylic acid groups (broad SMARTS) is 1. The molecule has 0 saturated heterocycles. The third-order valence-corrected chi connectivity index (χ3v) is 5.11. The van der Waals surface area contributed by atoms with Crippen molar-refractivity contribution in [3.05, 3.63) is 0 Å². The van der Waals surface area contributed by atoms with Gasteiger partial charge in [0.2, 0.25) is 5.91 Å². The SMILES string of the molecule is CCCCC[C@H]1C(=O)CC[C@H]1CC(=O)N[C@H](C(=O)O)[C@@H](C)CC. The topological polar surface area (TPSA) is 83.5 Å². The van der Waals surface area contributed by atoms with Gasteiger partial charge in [-0.2, -0.15) is 0 Å². The molecule has 0 aromatic heterocycles. The molecular weight excluding hydrogens is 294 g/mol. The largest absolute Gasteiger partial charge is 0.480 e. The van der Waals surface area contributed by atoms with Crippen LogP contribution in [0.5, 0.6) is 0 Å². The predicted molar refractivity (Wildman–Crippen MR) is 89.0 cm³/mol. The molecule has 132 valence electrons. The first-order valence-corrected chi connectivity index (χ1v) is 8.95. The average molecular weight is 325 g/mol. The number of aliphatic carboxylic acids is 1. The molecule has 0 bridgehead atoms. The fourth-order valence-electron chi connectivity index (χ4n) is 3.39. The van der Waals surface area contributed by atoms with Crippen molar-refractivity contribution in [1.82, 2.24) is 5.32 Å². The molecule has 1 saturated carbocycles. The van der Waals surface area contributed by atoms with Gasteiger partial charge in [0.25, 0.3) is 0 Å². The molecule has 0 aliphatic heterocycles. The molecule has 0 radical (unpaired) electrons. The third-order valence-electron chi connectivity index (χ3n) is 5.11. The quantitative estimate of drug-likeness (QED) is 0.604. The van der Waals surface area contributed by atoms with Crippen LogP contribution in [0.4, 0.5) is 0 Å². The number of hydrogen-bond donors (Lipinski definition) is 2. The molecule has 23 heavy (non-hydrogen) atoms. The second-order valence-electron chi connectivity index (χ2n) is 6.84. The van der Waals surface area contributed by atoms with Crippen LogP contribution in [0.2, 0.25) is 0 Å². The summed E-state index contributed by atoms with van der Waals surface area (Å²) in [6.45, 7) is 5.86. The van der Waals surface area contributed by atoms with Crippen LogP contribution in [0.15, 0.2) is 0 Å². The van der Waals surface area contributed by atoms with Crippen LogP contribution in [0.25, 0.3) is 0 Å². The van der Waals surface area contributed by atoms with E-state index >= 15 is 0 Å². The Kier molecular flexibility index (Phi) is 8.28. The summed E-state index contributed by atoms with van der Waals surface area (Å²) in [5.74, 6) is -1.00. The van der Waals surface area contributed by atoms with Gasteiger partial charge in [-0.05, 0) is 24.7 Å². The summed E-state index contributed by atoms with van der Waals surface area (Å²) in [7, 11) is 0. The molecule has 0 spiro atoms. The first-order valence-electron chi connectivity index (χ1n) is 8.95. The maximum absolute atomic E-state index is 12.2. The summed E-state index contributed by atoms with van der Waals surface area (Å²) in [5, 5.41) is 11.9. The first-order chi connectivity index (χ1) is 10.9. The van der Waals surface area contributed by atoms with Crippen LogP contribution < -0.4 is 5.32 Å². The number of nitrogens with one attached hydrogen (secondary N) is 1. The lowest BCUT2D eigenvalue weighted by molar-refractivity contribution is -0.143. The standard InChI is InChI=1S/C18H31NO4/c1-4-6-7-8-14-13(9-10-15(14)20)11-16(21)19-17(18(22)23)12(3)5-2/h12-14,17H,4-11H2,1-3H3,(H,19,21)(H,22,23)/t12-,13-,14+,17-/m0/s1. The summed E-state index contributed by atoms with van der Waals surface area (Å²) in [4.78, 5) is 35.5. The van der Waals surface area contributed by atoms with Gasteiger partial charge in [-0.15, -0.1) is 0 Å². The van der Waals surface area contributed by atoms with Crippen LogP contribution in [0, 0.1) is 17.8 Å². The highest BCUT2D eigenvalue weighted by Crippen LogP contribution is 2.35. The molecule has 1 fully saturated rings. The Labute approximate surface area is 139 Å². The van der Waals surface area contributed by atoms with Gasteiger partial charge in [-0.25, -0.2) is 4.79 Å². The fraction of sp³-hybridized carbons (Fsp3) is 0.833. The Bertz CT molecular complexity index is 421. The first kappa shape index (κ1) is 19.7. The number of Topliss-reactive ketones (excluding diaryl/α,β-unsaturated/α-hetero) is 1. The summed E-state index contributed by atoms with van der Waals surface area (Å²) in [5.41, 5.74) is 0. The smallest absolute Gasteiger partial charge is 0.326 e. The Morgan fingerprint density at radius 3 is 2.57 bits per heavy atom. The number of carbonyl (C=O) groups is 3. The number of carbonyl (C=O) groups excluding carboxylic acids is 2. The number of carboxylic acids is 1. The lowest BCUT2D eigenvalue weighted by Gasteiger charge is -2.22.